The van der Waals surface area contributed by atoms with E-state index >= 15 is 0 Å². The third-order valence-corrected chi connectivity index (χ3v) is 2.63. The zero-order valence-corrected chi connectivity index (χ0v) is 11.3. The number of hydrogen-bond donors (Lipinski definition) is 3. The standard InChI is InChI=1S/C13H19N3O3/c1-4-19-9-7-5-6-8(14)10(9)11(17)16-13(2,3)12(15)18/h5-7H,4,14H2,1-3H3,(H2,15,18)(H,16,17). The molecule has 1 rings (SSSR count). The number of carbonyl (C=O) groups is 2. The zero-order chi connectivity index (χ0) is 14.6. The number of hydrogen-bond acceptors (Lipinski definition) is 4. The van der Waals surface area contributed by atoms with Crippen LogP contribution in [0.4, 0.5) is 5.69 Å². The third kappa shape index (κ3) is 3.37. The van der Waals surface area contributed by atoms with E-state index in [1.807, 2.05) is 0 Å². The van der Waals surface area contributed by atoms with Gasteiger partial charge in [0.05, 0.1) is 6.61 Å². The Labute approximate surface area is 112 Å². The van der Waals surface area contributed by atoms with E-state index in [-0.39, 0.29) is 11.3 Å². The van der Waals surface area contributed by atoms with Gasteiger partial charge in [0.15, 0.2) is 0 Å². The lowest BCUT2D eigenvalue weighted by molar-refractivity contribution is -0.122. The lowest BCUT2D eigenvalue weighted by atomic mass is 10.0. The number of nitrogen functional groups attached to an aromatic ring is 1. The van der Waals surface area contributed by atoms with E-state index in [1.54, 1.807) is 25.1 Å². The summed E-state index contributed by atoms with van der Waals surface area (Å²) in [6.45, 7) is 5.25. The van der Waals surface area contributed by atoms with Gasteiger partial charge in [-0.15, -0.1) is 0 Å². The van der Waals surface area contributed by atoms with Gasteiger partial charge in [-0.1, -0.05) is 6.07 Å². The van der Waals surface area contributed by atoms with Crippen molar-refractivity contribution in [2.45, 2.75) is 26.3 Å². The first-order valence-electron chi connectivity index (χ1n) is 5.93. The SMILES string of the molecule is CCOc1cccc(N)c1C(=O)NC(C)(C)C(N)=O. The van der Waals surface area contributed by atoms with E-state index in [0.717, 1.165) is 0 Å². The van der Waals surface area contributed by atoms with E-state index in [1.165, 1.54) is 13.8 Å². The normalized spacial score (nSPS) is 10.9. The molecule has 0 unspecified atom stereocenters. The van der Waals surface area contributed by atoms with Crippen LogP contribution in [0.15, 0.2) is 18.2 Å². The molecule has 5 N–H and O–H groups in total. The maximum atomic E-state index is 12.2. The highest BCUT2D eigenvalue weighted by atomic mass is 16.5. The van der Waals surface area contributed by atoms with E-state index in [2.05, 4.69) is 5.32 Å². The van der Waals surface area contributed by atoms with Crippen LogP contribution in [0.2, 0.25) is 0 Å². The lowest BCUT2D eigenvalue weighted by Crippen LogP contribution is -2.53. The van der Waals surface area contributed by atoms with Gasteiger partial charge in [0.2, 0.25) is 5.91 Å². The van der Waals surface area contributed by atoms with Gasteiger partial charge >= 0.3 is 0 Å². The number of nitrogens with two attached hydrogens (primary N) is 2. The maximum absolute atomic E-state index is 12.2. The van der Waals surface area contributed by atoms with Gasteiger partial charge in [-0.25, -0.2) is 0 Å². The maximum Gasteiger partial charge on any atom is 0.258 e. The molecule has 0 aliphatic rings. The summed E-state index contributed by atoms with van der Waals surface area (Å²) in [5.41, 5.74) is 10.3. The van der Waals surface area contributed by atoms with Crippen LogP contribution >= 0.6 is 0 Å². The van der Waals surface area contributed by atoms with Crippen molar-refractivity contribution >= 4 is 17.5 Å². The molecule has 0 saturated carbocycles. The van der Waals surface area contributed by atoms with E-state index in [4.69, 9.17) is 16.2 Å². The molecule has 6 nitrogen and oxygen atoms in total. The molecule has 0 aromatic heterocycles. The number of rotatable bonds is 5. The molecule has 0 atom stereocenters. The fraction of sp³-hybridized carbons (Fsp3) is 0.385. The molecule has 19 heavy (non-hydrogen) atoms. The first kappa shape index (κ1) is 14.8. The summed E-state index contributed by atoms with van der Waals surface area (Å²) >= 11 is 0. The molecule has 6 heteroatoms. The Hall–Kier alpha value is -2.24. The molecule has 0 aliphatic heterocycles. The van der Waals surface area contributed by atoms with Gasteiger partial charge in [0, 0.05) is 5.69 Å². The van der Waals surface area contributed by atoms with Gasteiger partial charge in [-0.2, -0.15) is 0 Å². The van der Waals surface area contributed by atoms with E-state index in [0.29, 0.717) is 12.4 Å². The van der Waals surface area contributed by atoms with Crippen molar-refractivity contribution in [3.8, 4) is 5.75 Å². The van der Waals surface area contributed by atoms with Crippen LogP contribution in [0.3, 0.4) is 0 Å². The number of primary amides is 1. The molecule has 0 spiro atoms. The highest BCUT2D eigenvalue weighted by Gasteiger charge is 2.29. The van der Waals surface area contributed by atoms with Crippen molar-refractivity contribution in [2.75, 3.05) is 12.3 Å². The van der Waals surface area contributed by atoms with E-state index < -0.39 is 17.4 Å². The number of anilines is 1. The Bertz CT molecular complexity index is 498. The van der Waals surface area contributed by atoms with Crippen molar-refractivity contribution in [1.82, 2.24) is 5.32 Å². The average molecular weight is 265 g/mol. The molecule has 0 aliphatic carbocycles. The molecule has 0 saturated heterocycles. The lowest BCUT2D eigenvalue weighted by Gasteiger charge is -2.23. The first-order valence-corrected chi connectivity index (χ1v) is 5.93. The number of carbonyl (C=O) groups excluding carboxylic acids is 2. The number of amides is 2. The number of ether oxygens (including phenoxy) is 1. The Morgan fingerprint density at radius 1 is 1.37 bits per heavy atom. The fourth-order valence-electron chi connectivity index (χ4n) is 1.47. The summed E-state index contributed by atoms with van der Waals surface area (Å²) in [6, 6.07) is 4.93. The highest BCUT2D eigenvalue weighted by molar-refractivity contribution is 6.04. The second-order valence-electron chi connectivity index (χ2n) is 4.60. The van der Waals surface area contributed by atoms with Crippen LogP contribution in [0.1, 0.15) is 31.1 Å². The van der Waals surface area contributed by atoms with Crippen molar-refractivity contribution in [3.63, 3.8) is 0 Å². The van der Waals surface area contributed by atoms with Crippen molar-refractivity contribution in [3.05, 3.63) is 23.8 Å². The van der Waals surface area contributed by atoms with Gasteiger partial charge in [0.25, 0.3) is 5.91 Å². The Morgan fingerprint density at radius 2 is 2.00 bits per heavy atom. The van der Waals surface area contributed by atoms with Crippen LogP contribution in [0, 0.1) is 0 Å². The van der Waals surface area contributed by atoms with Crippen molar-refractivity contribution in [2.24, 2.45) is 5.73 Å². The van der Waals surface area contributed by atoms with E-state index in [9.17, 15) is 9.59 Å². The molecule has 0 fully saturated rings. The summed E-state index contributed by atoms with van der Waals surface area (Å²) in [5.74, 6) is -0.751. The third-order valence-electron chi connectivity index (χ3n) is 2.63. The van der Waals surface area contributed by atoms with Crippen LogP contribution in [-0.2, 0) is 4.79 Å². The Kier molecular flexibility index (Phi) is 4.37. The summed E-state index contributed by atoms with van der Waals surface area (Å²) in [6.07, 6.45) is 0. The molecule has 104 valence electrons. The average Bonchev–Trinajstić information content (AvgIpc) is 2.28. The summed E-state index contributed by atoms with van der Waals surface area (Å²) < 4.78 is 5.36. The monoisotopic (exact) mass is 265 g/mol. The first-order chi connectivity index (χ1) is 8.79. The second-order valence-corrected chi connectivity index (χ2v) is 4.60. The predicted octanol–water partition coefficient (Wildman–Crippen LogP) is 0.661. The van der Waals surface area contributed by atoms with Crippen LogP contribution < -0.4 is 21.5 Å². The smallest absolute Gasteiger partial charge is 0.258 e. The largest absolute Gasteiger partial charge is 0.493 e. The zero-order valence-electron chi connectivity index (χ0n) is 11.3. The van der Waals surface area contributed by atoms with Crippen molar-refractivity contribution in [1.29, 1.82) is 0 Å². The molecule has 0 radical (unpaired) electrons. The fourth-order valence-corrected chi connectivity index (χ4v) is 1.47. The van der Waals surface area contributed by atoms with Crippen LogP contribution in [0.5, 0.6) is 5.75 Å². The molecule has 0 heterocycles. The van der Waals surface area contributed by atoms with Crippen LogP contribution in [-0.4, -0.2) is 24.0 Å². The summed E-state index contributed by atoms with van der Waals surface area (Å²) in [4.78, 5) is 23.4. The summed E-state index contributed by atoms with van der Waals surface area (Å²) in [5, 5.41) is 2.54. The number of benzene rings is 1. The minimum Gasteiger partial charge on any atom is -0.493 e. The number of nitrogens with one attached hydrogen (secondary N) is 1. The highest BCUT2D eigenvalue weighted by Crippen LogP contribution is 2.25. The topological polar surface area (TPSA) is 107 Å². The van der Waals surface area contributed by atoms with Crippen LogP contribution in [0.25, 0.3) is 0 Å². The second kappa shape index (κ2) is 5.60. The predicted molar refractivity (Wildman–Crippen MR) is 72.8 cm³/mol. The molecular weight excluding hydrogens is 246 g/mol. The quantitative estimate of drug-likeness (QED) is 0.680. The minimum atomic E-state index is -1.16. The minimum absolute atomic E-state index is 0.207. The Morgan fingerprint density at radius 3 is 2.53 bits per heavy atom. The Balaban J connectivity index is 3.09. The van der Waals surface area contributed by atoms with Crippen molar-refractivity contribution < 1.29 is 14.3 Å². The van der Waals surface area contributed by atoms with Gasteiger partial charge in [-0.3, -0.25) is 9.59 Å². The molecule has 1 aromatic carbocycles. The molecule has 1 aromatic rings. The molecular formula is C13H19N3O3. The van der Waals surface area contributed by atoms with Gasteiger partial charge < -0.3 is 21.5 Å². The summed E-state index contributed by atoms with van der Waals surface area (Å²) in [7, 11) is 0. The molecule has 2 amide bonds. The van der Waals surface area contributed by atoms with Gasteiger partial charge in [0.1, 0.15) is 16.9 Å². The van der Waals surface area contributed by atoms with Gasteiger partial charge in [-0.05, 0) is 32.9 Å². The molecule has 0 bridgehead atoms.